The van der Waals surface area contributed by atoms with E-state index in [9.17, 15) is 9.59 Å². The lowest BCUT2D eigenvalue weighted by Gasteiger charge is -2.07. The zero-order chi connectivity index (χ0) is 21.5. The number of aromatic nitrogens is 3. The van der Waals surface area contributed by atoms with Crippen LogP contribution in [0, 0.1) is 13.8 Å². The van der Waals surface area contributed by atoms with Crippen LogP contribution in [-0.2, 0) is 23.1 Å². The van der Waals surface area contributed by atoms with Crippen molar-refractivity contribution in [3.05, 3.63) is 65.5 Å². The van der Waals surface area contributed by atoms with Gasteiger partial charge in [0.15, 0.2) is 5.16 Å². The number of nitrogens with one attached hydrogen (secondary N) is 2. The molecular formula is C22H25N5O2S. The van der Waals surface area contributed by atoms with Gasteiger partial charge in [-0.1, -0.05) is 47.2 Å². The van der Waals surface area contributed by atoms with Crippen molar-refractivity contribution >= 4 is 35.0 Å². The molecule has 0 radical (unpaired) electrons. The maximum Gasteiger partial charge on any atom is 0.234 e. The number of nitrogens with zero attached hydrogens (tertiary/aromatic N) is 3. The number of carbonyl (C=O) groups is 2. The Hall–Kier alpha value is -3.13. The lowest BCUT2D eigenvalue weighted by molar-refractivity contribution is -0.116. The Bertz CT molecular complexity index is 932. The molecule has 2 aromatic carbocycles. The summed E-state index contributed by atoms with van der Waals surface area (Å²) in [5.74, 6) is 0.753. The minimum absolute atomic E-state index is 0.0754. The molecule has 8 heteroatoms. The summed E-state index contributed by atoms with van der Waals surface area (Å²) in [7, 11) is 1.84. The largest absolute Gasteiger partial charge is 0.326 e. The number of hydrogen-bond acceptors (Lipinski definition) is 5. The highest BCUT2D eigenvalue weighted by Crippen LogP contribution is 2.17. The summed E-state index contributed by atoms with van der Waals surface area (Å²) in [5.41, 5.74) is 3.83. The zero-order valence-electron chi connectivity index (χ0n) is 17.3. The van der Waals surface area contributed by atoms with E-state index >= 15 is 0 Å². The van der Waals surface area contributed by atoms with Crippen LogP contribution in [0.4, 0.5) is 11.4 Å². The topological polar surface area (TPSA) is 88.9 Å². The first-order valence-electron chi connectivity index (χ1n) is 9.65. The van der Waals surface area contributed by atoms with Gasteiger partial charge in [0.2, 0.25) is 11.8 Å². The Morgan fingerprint density at radius 3 is 1.97 bits per heavy atom. The van der Waals surface area contributed by atoms with Crippen LogP contribution < -0.4 is 10.6 Å². The molecule has 0 saturated heterocycles. The van der Waals surface area contributed by atoms with Crippen molar-refractivity contribution in [2.45, 2.75) is 31.8 Å². The van der Waals surface area contributed by atoms with Crippen LogP contribution in [0.2, 0.25) is 0 Å². The Morgan fingerprint density at radius 2 is 1.40 bits per heavy atom. The molecule has 2 N–H and O–H groups in total. The van der Waals surface area contributed by atoms with Crippen molar-refractivity contribution in [1.29, 1.82) is 0 Å². The van der Waals surface area contributed by atoms with Crippen LogP contribution >= 0.6 is 11.8 Å². The molecule has 0 unspecified atom stereocenters. The van der Waals surface area contributed by atoms with Crippen LogP contribution in [0.5, 0.6) is 0 Å². The minimum atomic E-state index is -0.106. The molecule has 0 spiro atoms. The van der Waals surface area contributed by atoms with Gasteiger partial charge in [0.1, 0.15) is 5.82 Å². The third kappa shape index (κ3) is 6.18. The standard InChI is InChI=1S/C22H25N5O2S/c1-15-4-8-17(9-5-15)23-20(28)13-12-19-25-26-22(27(19)3)30-14-21(29)24-18-10-6-16(2)7-11-18/h4-11H,12-14H2,1-3H3,(H,23,28)(H,24,29). The molecule has 1 aromatic heterocycles. The second kappa shape index (κ2) is 10.1. The highest BCUT2D eigenvalue weighted by molar-refractivity contribution is 7.99. The first kappa shape index (κ1) is 21.6. The number of hydrogen-bond donors (Lipinski definition) is 2. The summed E-state index contributed by atoms with van der Waals surface area (Å²) in [5, 5.41) is 14.7. The third-order valence-corrected chi connectivity index (χ3v) is 5.52. The first-order valence-corrected chi connectivity index (χ1v) is 10.6. The van der Waals surface area contributed by atoms with E-state index in [2.05, 4.69) is 20.8 Å². The monoisotopic (exact) mass is 423 g/mol. The molecule has 0 atom stereocenters. The van der Waals surface area contributed by atoms with Crippen LogP contribution in [0.1, 0.15) is 23.4 Å². The molecule has 3 aromatic rings. The Balaban J connectivity index is 1.46. The van der Waals surface area contributed by atoms with Gasteiger partial charge in [0, 0.05) is 31.3 Å². The molecule has 0 aliphatic rings. The average molecular weight is 424 g/mol. The first-order chi connectivity index (χ1) is 14.4. The highest BCUT2D eigenvalue weighted by Gasteiger charge is 2.13. The predicted molar refractivity (Wildman–Crippen MR) is 120 cm³/mol. The van der Waals surface area contributed by atoms with E-state index in [4.69, 9.17) is 0 Å². The van der Waals surface area contributed by atoms with Crippen LogP contribution in [-0.4, -0.2) is 32.3 Å². The fraction of sp³-hybridized carbons (Fsp3) is 0.273. The smallest absolute Gasteiger partial charge is 0.234 e. The lowest BCUT2D eigenvalue weighted by atomic mass is 10.2. The highest BCUT2D eigenvalue weighted by atomic mass is 32.2. The van der Waals surface area contributed by atoms with E-state index in [1.54, 1.807) is 0 Å². The summed E-state index contributed by atoms with van der Waals surface area (Å²) in [6, 6.07) is 15.3. The molecule has 7 nitrogen and oxygen atoms in total. The van der Waals surface area contributed by atoms with Gasteiger partial charge >= 0.3 is 0 Å². The minimum Gasteiger partial charge on any atom is -0.326 e. The quantitative estimate of drug-likeness (QED) is 0.539. The van der Waals surface area contributed by atoms with Crippen molar-refractivity contribution in [3.8, 4) is 0 Å². The second-order valence-electron chi connectivity index (χ2n) is 7.07. The lowest BCUT2D eigenvalue weighted by Crippen LogP contribution is -2.15. The SMILES string of the molecule is Cc1ccc(NC(=O)CCc2nnc(SCC(=O)Nc3ccc(C)cc3)n2C)cc1. The van der Waals surface area contributed by atoms with E-state index in [0.29, 0.717) is 23.8 Å². The van der Waals surface area contributed by atoms with E-state index < -0.39 is 0 Å². The van der Waals surface area contributed by atoms with Gasteiger partial charge in [-0.15, -0.1) is 10.2 Å². The summed E-state index contributed by atoms with van der Waals surface area (Å²) >= 11 is 1.31. The molecule has 2 amide bonds. The molecule has 0 fully saturated rings. The van der Waals surface area contributed by atoms with Crippen molar-refractivity contribution in [3.63, 3.8) is 0 Å². The van der Waals surface area contributed by atoms with Gasteiger partial charge in [0.25, 0.3) is 0 Å². The summed E-state index contributed by atoms with van der Waals surface area (Å²) in [6.45, 7) is 4.00. The Labute approximate surface area is 180 Å². The molecule has 0 bridgehead atoms. The maximum atomic E-state index is 12.2. The second-order valence-corrected chi connectivity index (χ2v) is 8.02. The van der Waals surface area contributed by atoms with Crippen LogP contribution in [0.15, 0.2) is 53.7 Å². The maximum absolute atomic E-state index is 12.2. The van der Waals surface area contributed by atoms with Gasteiger partial charge in [-0.3, -0.25) is 9.59 Å². The van der Waals surface area contributed by atoms with Crippen molar-refractivity contribution in [1.82, 2.24) is 14.8 Å². The Kier molecular flexibility index (Phi) is 7.24. The molecular weight excluding hydrogens is 398 g/mol. The van der Waals surface area contributed by atoms with E-state index in [0.717, 1.165) is 22.5 Å². The van der Waals surface area contributed by atoms with Gasteiger partial charge in [0.05, 0.1) is 5.75 Å². The fourth-order valence-electron chi connectivity index (χ4n) is 2.74. The molecule has 156 valence electrons. The average Bonchev–Trinajstić information content (AvgIpc) is 3.08. The molecule has 0 saturated carbocycles. The van der Waals surface area contributed by atoms with Gasteiger partial charge in [-0.25, -0.2) is 0 Å². The number of amides is 2. The summed E-state index contributed by atoms with van der Waals surface area (Å²) < 4.78 is 1.82. The number of benzene rings is 2. The molecule has 0 aliphatic heterocycles. The van der Waals surface area contributed by atoms with E-state index in [1.165, 1.54) is 11.8 Å². The summed E-state index contributed by atoms with van der Waals surface area (Å²) in [6.07, 6.45) is 0.774. The number of anilines is 2. The van der Waals surface area contributed by atoms with Crippen LogP contribution in [0.3, 0.4) is 0 Å². The van der Waals surface area contributed by atoms with Crippen molar-refractivity contribution in [2.75, 3.05) is 16.4 Å². The number of thioether (sulfide) groups is 1. The zero-order valence-corrected chi connectivity index (χ0v) is 18.1. The van der Waals surface area contributed by atoms with Crippen LogP contribution in [0.25, 0.3) is 0 Å². The number of carbonyl (C=O) groups excluding carboxylic acids is 2. The van der Waals surface area contributed by atoms with Gasteiger partial charge in [-0.2, -0.15) is 0 Å². The number of rotatable bonds is 8. The van der Waals surface area contributed by atoms with Crippen molar-refractivity contribution in [2.24, 2.45) is 7.05 Å². The predicted octanol–water partition coefficient (Wildman–Crippen LogP) is 3.73. The molecule has 30 heavy (non-hydrogen) atoms. The normalized spacial score (nSPS) is 10.6. The van der Waals surface area contributed by atoms with E-state index in [1.807, 2.05) is 74.0 Å². The van der Waals surface area contributed by atoms with Gasteiger partial charge < -0.3 is 15.2 Å². The fourth-order valence-corrected chi connectivity index (χ4v) is 3.47. The molecule has 3 rings (SSSR count). The van der Waals surface area contributed by atoms with Crippen molar-refractivity contribution < 1.29 is 9.59 Å². The molecule has 1 heterocycles. The Morgan fingerprint density at radius 1 is 0.867 bits per heavy atom. The van der Waals surface area contributed by atoms with E-state index in [-0.39, 0.29) is 17.6 Å². The number of aryl methyl sites for hydroxylation is 3. The molecule has 0 aliphatic carbocycles. The summed E-state index contributed by atoms with van der Waals surface area (Å²) in [4.78, 5) is 24.3. The van der Waals surface area contributed by atoms with Gasteiger partial charge in [-0.05, 0) is 38.1 Å². The third-order valence-electron chi connectivity index (χ3n) is 4.50.